The Balaban J connectivity index is 5.36. The molecule has 0 heterocycles. The molecule has 0 atom stereocenters. The van der Waals surface area contributed by atoms with Gasteiger partial charge in [0.05, 0.1) is 17.1 Å². The van der Waals surface area contributed by atoms with Crippen LogP contribution < -0.4 is 0 Å². The van der Waals surface area contributed by atoms with Crippen molar-refractivity contribution in [2.75, 3.05) is 24.9 Å². The highest BCUT2D eigenvalue weighted by Gasteiger charge is 2.33. The Labute approximate surface area is 98.7 Å². The molecule has 0 radical (unpaired) electrons. The van der Waals surface area contributed by atoms with E-state index in [-0.39, 0.29) is 23.5 Å². The van der Waals surface area contributed by atoms with E-state index in [2.05, 4.69) is 4.84 Å². The van der Waals surface area contributed by atoms with Crippen molar-refractivity contribution in [2.45, 2.75) is 0 Å². The van der Waals surface area contributed by atoms with Crippen LogP contribution in [0, 0.1) is 0 Å². The van der Waals surface area contributed by atoms with Gasteiger partial charge in [0.1, 0.15) is 0 Å². The van der Waals surface area contributed by atoms with Crippen molar-refractivity contribution in [3.05, 3.63) is 0 Å². The SMILES string of the molecule is CS(=O)(=O)N(CCCl)N(OC=O)S(C)(=O)=O. The fourth-order valence-electron chi connectivity index (χ4n) is 0.774. The van der Waals surface area contributed by atoms with Crippen LogP contribution in [0.1, 0.15) is 0 Å². The third-order valence-corrected chi connectivity index (χ3v) is 3.48. The molecule has 0 aromatic carbocycles. The minimum Gasteiger partial charge on any atom is -0.339 e. The second kappa shape index (κ2) is 5.77. The van der Waals surface area contributed by atoms with Crippen molar-refractivity contribution < 1.29 is 26.5 Å². The molecular formula is C5H11ClN2O6S2. The van der Waals surface area contributed by atoms with E-state index in [4.69, 9.17) is 11.6 Å². The van der Waals surface area contributed by atoms with Crippen molar-refractivity contribution in [2.24, 2.45) is 0 Å². The third-order valence-electron chi connectivity index (χ3n) is 1.26. The first-order valence-corrected chi connectivity index (χ1v) is 8.02. The minimum absolute atomic E-state index is 0.0300. The average Bonchev–Trinajstić information content (AvgIpc) is 2.07. The Morgan fingerprint density at radius 2 is 1.69 bits per heavy atom. The van der Waals surface area contributed by atoms with Crippen LogP contribution in [0.5, 0.6) is 0 Å². The Kier molecular flexibility index (Phi) is 5.62. The van der Waals surface area contributed by atoms with Gasteiger partial charge >= 0.3 is 6.47 Å². The Morgan fingerprint density at radius 1 is 1.19 bits per heavy atom. The number of hydrogen-bond acceptors (Lipinski definition) is 6. The summed E-state index contributed by atoms with van der Waals surface area (Å²) < 4.78 is 45.2. The van der Waals surface area contributed by atoms with Crippen LogP contribution in [0.3, 0.4) is 0 Å². The van der Waals surface area contributed by atoms with Gasteiger partial charge in [-0.1, -0.05) is 4.41 Å². The predicted octanol–water partition coefficient (Wildman–Crippen LogP) is -1.25. The van der Waals surface area contributed by atoms with Gasteiger partial charge in [-0.15, -0.1) is 11.6 Å². The van der Waals surface area contributed by atoms with Crippen LogP contribution in [-0.4, -0.2) is 57.2 Å². The van der Waals surface area contributed by atoms with Crippen molar-refractivity contribution in [3.8, 4) is 0 Å². The highest BCUT2D eigenvalue weighted by molar-refractivity contribution is 7.91. The van der Waals surface area contributed by atoms with Gasteiger partial charge < -0.3 is 4.84 Å². The van der Waals surface area contributed by atoms with Gasteiger partial charge in [0.15, 0.2) is 0 Å². The molecule has 0 amide bonds. The first kappa shape index (κ1) is 15.6. The first-order valence-electron chi connectivity index (χ1n) is 3.79. The molecular weight excluding hydrogens is 284 g/mol. The van der Waals surface area contributed by atoms with Gasteiger partial charge in [-0.2, -0.15) is 0 Å². The number of halogens is 1. The van der Waals surface area contributed by atoms with E-state index in [1.165, 1.54) is 0 Å². The van der Waals surface area contributed by atoms with Crippen LogP contribution in [-0.2, 0) is 29.7 Å². The smallest absolute Gasteiger partial charge is 0.316 e. The molecule has 0 aliphatic carbocycles. The van der Waals surface area contributed by atoms with Crippen LogP contribution in [0.2, 0.25) is 0 Å². The maximum atomic E-state index is 11.2. The van der Waals surface area contributed by atoms with Crippen LogP contribution in [0.25, 0.3) is 0 Å². The molecule has 11 heteroatoms. The molecule has 16 heavy (non-hydrogen) atoms. The van der Waals surface area contributed by atoms with Gasteiger partial charge in [-0.05, 0) is 0 Å². The predicted molar refractivity (Wildman–Crippen MR) is 56.1 cm³/mol. The molecule has 0 aromatic rings. The Bertz CT molecular complexity index is 432. The van der Waals surface area contributed by atoms with Crippen LogP contribution in [0.4, 0.5) is 0 Å². The van der Waals surface area contributed by atoms with Crippen molar-refractivity contribution in [1.82, 2.24) is 8.99 Å². The monoisotopic (exact) mass is 294 g/mol. The second-order valence-corrected chi connectivity index (χ2v) is 6.71. The quantitative estimate of drug-likeness (QED) is 0.330. The first-order chi connectivity index (χ1) is 7.14. The van der Waals surface area contributed by atoms with E-state index in [0.29, 0.717) is 10.7 Å². The lowest BCUT2D eigenvalue weighted by atomic mass is 10.8. The number of carbonyl (C=O) groups is 1. The summed E-state index contributed by atoms with van der Waals surface area (Å²) in [5, 5.41) is 0. The number of rotatable bonds is 7. The molecule has 0 aromatic heterocycles. The lowest BCUT2D eigenvalue weighted by molar-refractivity contribution is -0.179. The highest BCUT2D eigenvalue weighted by Crippen LogP contribution is 2.09. The zero-order valence-electron chi connectivity index (χ0n) is 8.53. The van der Waals surface area contributed by atoms with Gasteiger partial charge in [0.2, 0.25) is 10.0 Å². The maximum absolute atomic E-state index is 11.2. The van der Waals surface area contributed by atoms with Crippen LogP contribution in [0.15, 0.2) is 0 Å². The molecule has 0 unspecified atom stereocenters. The summed E-state index contributed by atoms with van der Waals surface area (Å²) >= 11 is 5.33. The van der Waals surface area contributed by atoms with Crippen LogP contribution >= 0.6 is 11.6 Å². The number of alkyl halides is 1. The molecule has 96 valence electrons. The normalized spacial score (nSPS) is 13.1. The standard InChI is InChI=1S/C5H11ClN2O6S2/c1-15(10,11)7(4-3-6)8(14-5-9)16(2,12)13/h5H,3-4H2,1-2H3. The van der Waals surface area contributed by atoms with Gasteiger partial charge in [0, 0.05) is 12.4 Å². The number of nitrogens with zero attached hydrogens (tertiary/aromatic N) is 2. The van der Waals surface area contributed by atoms with E-state index in [1.54, 1.807) is 0 Å². The van der Waals surface area contributed by atoms with Crippen molar-refractivity contribution in [1.29, 1.82) is 0 Å². The topological polar surface area (TPSA) is 101 Å². The third kappa shape index (κ3) is 4.61. The molecule has 0 bridgehead atoms. The van der Waals surface area contributed by atoms with E-state index in [1.807, 2.05) is 0 Å². The van der Waals surface area contributed by atoms with Crippen molar-refractivity contribution >= 4 is 38.1 Å². The fourth-order valence-corrected chi connectivity index (χ4v) is 3.07. The second-order valence-electron chi connectivity index (χ2n) is 2.67. The fraction of sp³-hybridized carbons (Fsp3) is 0.800. The number of carbonyl (C=O) groups excluding carboxylic acids is 1. The number of hydrogen-bond donors (Lipinski definition) is 0. The van der Waals surface area contributed by atoms with Gasteiger partial charge in [-0.25, -0.2) is 16.8 Å². The number of hydrazine groups is 1. The lowest BCUT2D eigenvalue weighted by Gasteiger charge is -2.26. The lowest BCUT2D eigenvalue weighted by Crippen LogP contribution is -2.49. The maximum Gasteiger partial charge on any atom is 0.316 e. The minimum atomic E-state index is -4.06. The summed E-state index contributed by atoms with van der Waals surface area (Å²) in [7, 11) is -7.98. The average molecular weight is 295 g/mol. The molecule has 0 saturated carbocycles. The summed E-state index contributed by atoms with van der Waals surface area (Å²) in [4.78, 5) is 14.2. The highest BCUT2D eigenvalue weighted by atomic mass is 35.5. The molecule has 0 aliphatic heterocycles. The Morgan fingerprint density at radius 3 is 1.94 bits per heavy atom. The molecule has 0 rings (SSSR count). The summed E-state index contributed by atoms with van der Waals surface area (Å²) in [5.74, 6) is -0.165. The van der Waals surface area contributed by atoms with E-state index < -0.39 is 20.0 Å². The summed E-state index contributed by atoms with van der Waals surface area (Å²) in [5.41, 5.74) is 0. The van der Waals surface area contributed by atoms with E-state index in [0.717, 1.165) is 6.26 Å². The zero-order chi connectivity index (χ0) is 13.0. The summed E-state index contributed by atoms with van der Waals surface area (Å²) in [6, 6.07) is 0. The molecule has 0 N–H and O–H groups in total. The zero-order valence-corrected chi connectivity index (χ0v) is 10.9. The van der Waals surface area contributed by atoms with Crippen molar-refractivity contribution in [3.63, 3.8) is 0 Å². The summed E-state index contributed by atoms with van der Waals surface area (Å²) in [6.07, 6.45) is 1.44. The van der Waals surface area contributed by atoms with E-state index in [9.17, 15) is 21.6 Å². The molecule has 0 fully saturated rings. The van der Waals surface area contributed by atoms with Gasteiger partial charge in [0.25, 0.3) is 10.0 Å². The molecule has 0 saturated heterocycles. The molecule has 0 aliphatic rings. The van der Waals surface area contributed by atoms with Gasteiger partial charge in [-0.3, -0.25) is 4.79 Å². The molecule has 0 spiro atoms. The number of sulfonamides is 2. The van der Waals surface area contributed by atoms with E-state index >= 15 is 0 Å². The Hall–Kier alpha value is -0.420. The largest absolute Gasteiger partial charge is 0.339 e. The molecule has 8 nitrogen and oxygen atoms in total. The summed E-state index contributed by atoms with van der Waals surface area (Å²) in [6.45, 7) is -0.547.